The Labute approximate surface area is 186 Å². The number of carbonyl (C=O) groups is 2. The van der Waals surface area contributed by atoms with Gasteiger partial charge in [0, 0.05) is 25.6 Å². The predicted octanol–water partition coefficient (Wildman–Crippen LogP) is 4.10. The van der Waals surface area contributed by atoms with Crippen molar-refractivity contribution in [1.29, 1.82) is 0 Å². The minimum atomic E-state index is -0.959. The Morgan fingerprint density at radius 1 is 1.16 bits per heavy atom. The zero-order valence-corrected chi connectivity index (χ0v) is 19.1. The van der Waals surface area contributed by atoms with Crippen LogP contribution in [0.5, 0.6) is 5.75 Å². The quantitative estimate of drug-likeness (QED) is 0.488. The van der Waals surface area contributed by atoms with E-state index in [1.807, 2.05) is 29.2 Å². The van der Waals surface area contributed by atoms with Gasteiger partial charge in [-0.15, -0.1) is 0 Å². The van der Waals surface area contributed by atoms with Crippen molar-refractivity contribution in [1.82, 2.24) is 10.2 Å². The van der Waals surface area contributed by atoms with Crippen molar-refractivity contribution >= 4 is 12.0 Å². The van der Waals surface area contributed by atoms with E-state index in [4.69, 9.17) is 9.47 Å². The third-order valence-corrected chi connectivity index (χ3v) is 5.56. The van der Waals surface area contributed by atoms with Gasteiger partial charge < -0.3 is 24.8 Å². The number of hydrogen-bond acceptors (Lipinski definition) is 4. The van der Waals surface area contributed by atoms with Crippen LogP contribution in [0.4, 0.5) is 4.79 Å². The van der Waals surface area contributed by atoms with Crippen LogP contribution in [0, 0.1) is 5.92 Å². The molecule has 0 heterocycles. The highest BCUT2D eigenvalue weighted by atomic mass is 16.5. The molecule has 2 rings (SSSR count). The van der Waals surface area contributed by atoms with Crippen LogP contribution in [-0.2, 0) is 16.0 Å². The minimum absolute atomic E-state index is 0.00198. The van der Waals surface area contributed by atoms with E-state index in [1.165, 1.54) is 12.8 Å². The molecule has 1 aliphatic rings. The molecule has 2 amide bonds. The highest BCUT2D eigenvalue weighted by Crippen LogP contribution is 2.18. The summed E-state index contributed by atoms with van der Waals surface area (Å²) in [6.07, 6.45) is 4.94. The van der Waals surface area contributed by atoms with Gasteiger partial charge in [0.25, 0.3) is 0 Å². The van der Waals surface area contributed by atoms with E-state index < -0.39 is 12.1 Å². The van der Waals surface area contributed by atoms with Crippen LogP contribution in [0.3, 0.4) is 0 Å². The zero-order valence-electron chi connectivity index (χ0n) is 19.1. The van der Waals surface area contributed by atoms with Crippen molar-refractivity contribution in [2.24, 2.45) is 5.92 Å². The summed E-state index contributed by atoms with van der Waals surface area (Å²) in [6, 6.07) is 7.67. The van der Waals surface area contributed by atoms with E-state index in [0.29, 0.717) is 50.4 Å². The van der Waals surface area contributed by atoms with E-state index in [9.17, 15) is 14.7 Å². The summed E-state index contributed by atoms with van der Waals surface area (Å²) in [5.74, 6) is 0.271. The van der Waals surface area contributed by atoms with E-state index in [0.717, 1.165) is 24.8 Å². The lowest BCUT2D eigenvalue weighted by Crippen LogP contribution is -2.46. The van der Waals surface area contributed by atoms with E-state index in [2.05, 4.69) is 19.2 Å². The molecule has 0 spiro atoms. The van der Waals surface area contributed by atoms with Crippen molar-refractivity contribution in [2.45, 2.75) is 71.4 Å². The van der Waals surface area contributed by atoms with E-state index in [1.54, 1.807) is 6.92 Å². The number of nitrogens with zero attached hydrogens (tertiary/aromatic N) is 1. The number of nitrogens with one attached hydrogen (secondary N) is 1. The molecule has 7 heteroatoms. The van der Waals surface area contributed by atoms with Crippen LogP contribution in [0.1, 0.15) is 58.4 Å². The topological polar surface area (TPSA) is 88.1 Å². The number of hydrogen-bond donors (Lipinski definition) is 2. The van der Waals surface area contributed by atoms with Crippen LogP contribution in [0.25, 0.3) is 0 Å². The molecular weight excluding hydrogens is 396 g/mol. The van der Waals surface area contributed by atoms with Crippen molar-refractivity contribution in [3.8, 4) is 5.75 Å². The maximum Gasteiger partial charge on any atom is 0.333 e. The number of ether oxygens (including phenoxy) is 2. The highest BCUT2D eigenvalue weighted by molar-refractivity contribution is 5.74. The van der Waals surface area contributed by atoms with Gasteiger partial charge in [0.2, 0.25) is 0 Å². The van der Waals surface area contributed by atoms with Crippen LogP contribution in [0.15, 0.2) is 24.3 Å². The van der Waals surface area contributed by atoms with Crippen LogP contribution >= 0.6 is 0 Å². The fraction of sp³-hybridized carbons (Fsp3) is 0.667. The SMILES string of the molecule is CCOC(Cc1ccc(OCCN(CCC(C)C)C(=O)NC2CCCC2)cc1)C(=O)O. The van der Waals surface area contributed by atoms with Crippen molar-refractivity contribution in [3.05, 3.63) is 29.8 Å². The third-order valence-electron chi connectivity index (χ3n) is 5.56. The average Bonchev–Trinajstić information content (AvgIpc) is 3.24. The summed E-state index contributed by atoms with van der Waals surface area (Å²) in [6.45, 7) is 8.11. The van der Waals surface area contributed by atoms with Crippen LogP contribution < -0.4 is 10.1 Å². The van der Waals surface area contributed by atoms with E-state index in [-0.39, 0.29) is 6.03 Å². The van der Waals surface area contributed by atoms with Gasteiger partial charge in [-0.05, 0) is 49.8 Å². The second kappa shape index (κ2) is 13.2. The number of amides is 2. The Hall–Kier alpha value is -2.28. The molecule has 0 saturated heterocycles. The zero-order chi connectivity index (χ0) is 22.6. The number of carboxylic acids is 1. The largest absolute Gasteiger partial charge is 0.492 e. The molecule has 1 aromatic rings. The van der Waals surface area contributed by atoms with Crippen molar-refractivity contribution < 1.29 is 24.2 Å². The average molecular weight is 435 g/mol. The summed E-state index contributed by atoms with van der Waals surface area (Å²) < 4.78 is 11.1. The Morgan fingerprint density at radius 3 is 2.42 bits per heavy atom. The van der Waals surface area contributed by atoms with Crippen molar-refractivity contribution in [3.63, 3.8) is 0 Å². The Kier molecular flexibility index (Phi) is 10.6. The predicted molar refractivity (Wildman–Crippen MR) is 121 cm³/mol. The molecule has 0 radical (unpaired) electrons. The molecule has 1 aromatic carbocycles. The lowest BCUT2D eigenvalue weighted by Gasteiger charge is -2.26. The molecule has 7 nitrogen and oxygen atoms in total. The number of carboxylic acid groups (broad SMARTS) is 1. The smallest absolute Gasteiger partial charge is 0.333 e. The standard InChI is InChI=1S/C24H38N2O5/c1-4-30-22(23(27)28)17-19-9-11-21(12-10-19)31-16-15-26(14-13-18(2)3)24(29)25-20-7-5-6-8-20/h9-12,18,20,22H,4-8,13-17H2,1-3H3,(H,25,29)(H,27,28). The second-order valence-corrected chi connectivity index (χ2v) is 8.58. The second-order valence-electron chi connectivity index (χ2n) is 8.58. The molecule has 0 aliphatic heterocycles. The molecule has 1 unspecified atom stereocenters. The number of carbonyl (C=O) groups excluding carboxylic acids is 1. The normalized spacial score (nSPS) is 15.1. The first-order chi connectivity index (χ1) is 14.9. The molecule has 1 atom stereocenters. The van der Waals surface area contributed by atoms with Gasteiger partial charge >= 0.3 is 12.0 Å². The Balaban J connectivity index is 1.84. The summed E-state index contributed by atoms with van der Waals surface area (Å²) in [5.41, 5.74) is 0.878. The molecule has 0 bridgehead atoms. The van der Waals surface area contributed by atoms with Gasteiger partial charge in [-0.2, -0.15) is 0 Å². The van der Waals surface area contributed by atoms with Crippen LogP contribution in [0.2, 0.25) is 0 Å². The van der Waals surface area contributed by atoms with Gasteiger partial charge in [-0.25, -0.2) is 9.59 Å². The molecule has 174 valence electrons. The lowest BCUT2D eigenvalue weighted by molar-refractivity contribution is -0.149. The van der Waals surface area contributed by atoms with E-state index >= 15 is 0 Å². The molecule has 1 fully saturated rings. The summed E-state index contributed by atoms with van der Waals surface area (Å²) in [4.78, 5) is 25.8. The first kappa shape index (κ1) is 25.0. The number of aliphatic carboxylic acids is 1. The van der Waals surface area contributed by atoms with Crippen molar-refractivity contribution in [2.75, 3.05) is 26.3 Å². The number of rotatable bonds is 13. The first-order valence-electron chi connectivity index (χ1n) is 11.5. The maximum absolute atomic E-state index is 12.7. The monoisotopic (exact) mass is 434 g/mol. The Morgan fingerprint density at radius 2 is 1.84 bits per heavy atom. The summed E-state index contributed by atoms with van der Waals surface area (Å²) in [7, 11) is 0. The molecule has 1 aliphatic carbocycles. The number of benzene rings is 1. The van der Waals surface area contributed by atoms with Gasteiger partial charge in [-0.1, -0.05) is 38.8 Å². The third kappa shape index (κ3) is 9.17. The number of urea groups is 1. The molecule has 2 N–H and O–H groups in total. The highest BCUT2D eigenvalue weighted by Gasteiger charge is 2.21. The molecule has 1 saturated carbocycles. The summed E-state index contributed by atoms with van der Waals surface area (Å²) >= 11 is 0. The Bertz CT molecular complexity index is 671. The van der Waals surface area contributed by atoms with Gasteiger partial charge in [0.15, 0.2) is 6.10 Å². The molecular formula is C24H38N2O5. The lowest BCUT2D eigenvalue weighted by atomic mass is 10.1. The molecule has 31 heavy (non-hydrogen) atoms. The molecule has 0 aromatic heterocycles. The fourth-order valence-corrected chi connectivity index (χ4v) is 3.69. The summed E-state index contributed by atoms with van der Waals surface area (Å²) in [5, 5.41) is 12.4. The maximum atomic E-state index is 12.7. The fourth-order valence-electron chi connectivity index (χ4n) is 3.69. The van der Waals surface area contributed by atoms with Crippen LogP contribution in [-0.4, -0.2) is 60.5 Å². The first-order valence-corrected chi connectivity index (χ1v) is 11.5. The van der Waals surface area contributed by atoms with Gasteiger partial charge in [0.1, 0.15) is 12.4 Å². The van der Waals surface area contributed by atoms with Gasteiger partial charge in [-0.3, -0.25) is 0 Å². The minimum Gasteiger partial charge on any atom is -0.492 e. The van der Waals surface area contributed by atoms with Gasteiger partial charge in [0.05, 0.1) is 6.54 Å².